The molecule has 0 atom stereocenters. The van der Waals surface area contributed by atoms with Crippen LogP contribution in [0.1, 0.15) is 5.56 Å². The number of fused-ring (bicyclic) bond motifs is 4. The van der Waals surface area contributed by atoms with Crippen molar-refractivity contribution >= 4 is 49.6 Å². The van der Waals surface area contributed by atoms with Crippen LogP contribution in [0.25, 0.3) is 88.3 Å². The quantitative estimate of drug-likeness (QED) is 0.143. The van der Waals surface area contributed by atoms with Crippen LogP contribution >= 0.6 is 0 Å². The van der Waals surface area contributed by atoms with Crippen molar-refractivity contribution in [2.75, 3.05) is 4.90 Å². The van der Waals surface area contributed by atoms with Crippen LogP contribution in [-0.4, -0.2) is 0 Å². The highest BCUT2D eigenvalue weighted by Crippen LogP contribution is 2.43. The van der Waals surface area contributed by atoms with Gasteiger partial charge >= 0.3 is 0 Å². The summed E-state index contributed by atoms with van der Waals surface area (Å²) in [6.45, 7) is 2.14. The molecule has 0 N–H and O–H groups in total. The number of rotatable bonds is 8. The summed E-state index contributed by atoms with van der Waals surface area (Å²) >= 11 is 0. The number of para-hydroxylation sites is 1. The van der Waals surface area contributed by atoms with Crippen LogP contribution in [0, 0.1) is 6.92 Å². The van der Waals surface area contributed by atoms with E-state index in [1.807, 2.05) is 12.1 Å². The number of hydrogen-bond acceptors (Lipinski definition) is 2. The summed E-state index contributed by atoms with van der Waals surface area (Å²) in [5.41, 5.74) is 16.0. The summed E-state index contributed by atoms with van der Waals surface area (Å²) in [6, 6.07) is 83.0. The zero-order valence-electron chi connectivity index (χ0n) is 33.8. The first-order chi connectivity index (χ1) is 30.1. The van der Waals surface area contributed by atoms with Gasteiger partial charge in [0.15, 0.2) is 0 Å². The summed E-state index contributed by atoms with van der Waals surface area (Å²) < 4.78 is 6.31. The van der Waals surface area contributed by atoms with E-state index in [-0.39, 0.29) is 0 Å². The zero-order chi connectivity index (χ0) is 40.7. The summed E-state index contributed by atoms with van der Waals surface area (Å²) in [5.74, 6) is 0.926. The third-order valence-corrected chi connectivity index (χ3v) is 12.1. The van der Waals surface area contributed by atoms with E-state index in [1.165, 1.54) is 66.1 Å². The van der Waals surface area contributed by atoms with Crippen molar-refractivity contribution in [2.24, 2.45) is 0 Å². The molecule has 0 aliphatic carbocycles. The predicted octanol–water partition coefficient (Wildman–Crippen LogP) is 16.9. The molecule has 2 nitrogen and oxygen atoms in total. The Hall–Kier alpha value is -7.94. The van der Waals surface area contributed by atoms with Gasteiger partial charge in [-0.15, -0.1) is 0 Å². The Labute approximate surface area is 356 Å². The average molecular weight is 780 g/mol. The van der Waals surface area contributed by atoms with E-state index >= 15 is 0 Å². The SMILES string of the molecule is Cc1c(-c2cccc(-c3ccc(-c4ccc(N(c5ccc(-c6ccc(-c7ccccc7)cc6)cc5)c5cc6ccccc6c6ccccc56)cc4)cc3)c2)oc2ccccc12. The standard InChI is InChI=1S/C59H41NO/c1-40-53-17-9-10-21-58(53)61-59(40)50-16-11-15-48(38-50)47-28-26-44(27-29-47)46-32-36-52(37-33-46)60(57-39-49-14-5-6-18-54(49)55-19-7-8-20-56(55)57)51-34-30-45(31-35-51)43-24-22-42(23-25-43)41-12-3-2-4-13-41/h2-39H,1H3. The van der Waals surface area contributed by atoms with Crippen LogP contribution in [0.3, 0.4) is 0 Å². The number of furan rings is 1. The maximum absolute atomic E-state index is 6.31. The van der Waals surface area contributed by atoms with Crippen LogP contribution in [0.2, 0.25) is 0 Å². The Morgan fingerprint density at radius 1 is 0.311 bits per heavy atom. The molecule has 288 valence electrons. The highest BCUT2D eigenvalue weighted by atomic mass is 16.3. The molecule has 0 aliphatic rings. The van der Waals surface area contributed by atoms with Crippen molar-refractivity contribution < 1.29 is 4.42 Å². The van der Waals surface area contributed by atoms with E-state index < -0.39 is 0 Å². The largest absolute Gasteiger partial charge is 0.456 e. The molecule has 2 heteroatoms. The maximum atomic E-state index is 6.31. The van der Waals surface area contributed by atoms with Gasteiger partial charge in [-0.1, -0.05) is 188 Å². The Bertz CT molecular complexity index is 3320. The molecule has 11 rings (SSSR count). The topological polar surface area (TPSA) is 16.4 Å². The molecule has 0 saturated carbocycles. The molecule has 0 fully saturated rings. The predicted molar refractivity (Wildman–Crippen MR) is 258 cm³/mol. The van der Waals surface area contributed by atoms with Gasteiger partial charge in [-0.25, -0.2) is 0 Å². The van der Waals surface area contributed by atoms with Gasteiger partial charge in [0.1, 0.15) is 11.3 Å². The minimum atomic E-state index is 0.920. The van der Waals surface area contributed by atoms with E-state index in [9.17, 15) is 0 Å². The second-order valence-corrected chi connectivity index (χ2v) is 15.7. The number of hydrogen-bond donors (Lipinski definition) is 0. The minimum Gasteiger partial charge on any atom is -0.456 e. The maximum Gasteiger partial charge on any atom is 0.138 e. The van der Waals surface area contributed by atoms with E-state index in [0.29, 0.717) is 0 Å². The Morgan fingerprint density at radius 2 is 0.738 bits per heavy atom. The third-order valence-electron chi connectivity index (χ3n) is 12.1. The molecule has 1 heterocycles. The molecule has 0 amide bonds. The van der Waals surface area contributed by atoms with Gasteiger partial charge < -0.3 is 9.32 Å². The van der Waals surface area contributed by atoms with Gasteiger partial charge in [0, 0.05) is 33.3 Å². The summed E-state index contributed by atoms with van der Waals surface area (Å²) in [7, 11) is 0. The van der Waals surface area contributed by atoms with Gasteiger partial charge in [0.05, 0.1) is 5.69 Å². The van der Waals surface area contributed by atoms with Crippen LogP contribution in [0.5, 0.6) is 0 Å². The lowest BCUT2D eigenvalue weighted by Crippen LogP contribution is -2.10. The van der Waals surface area contributed by atoms with E-state index in [1.54, 1.807) is 0 Å². The Morgan fingerprint density at radius 3 is 1.33 bits per heavy atom. The fourth-order valence-electron chi connectivity index (χ4n) is 8.88. The molecule has 11 aromatic rings. The van der Waals surface area contributed by atoms with E-state index in [2.05, 4.69) is 230 Å². The Balaban J connectivity index is 0.930. The van der Waals surface area contributed by atoms with E-state index in [4.69, 9.17) is 4.42 Å². The van der Waals surface area contributed by atoms with Crippen molar-refractivity contribution in [2.45, 2.75) is 6.92 Å². The fourth-order valence-corrected chi connectivity index (χ4v) is 8.88. The second-order valence-electron chi connectivity index (χ2n) is 15.7. The van der Waals surface area contributed by atoms with Crippen LogP contribution in [-0.2, 0) is 0 Å². The third kappa shape index (κ3) is 6.75. The summed E-state index contributed by atoms with van der Waals surface area (Å²) in [6.07, 6.45) is 0. The highest BCUT2D eigenvalue weighted by molar-refractivity contribution is 6.14. The first-order valence-electron chi connectivity index (χ1n) is 20.9. The minimum absolute atomic E-state index is 0.920. The molecular weight excluding hydrogens is 739 g/mol. The molecule has 0 unspecified atom stereocenters. The molecule has 0 aliphatic heterocycles. The molecule has 1 aromatic heterocycles. The van der Waals surface area contributed by atoms with Crippen molar-refractivity contribution in [3.05, 3.63) is 236 Å². The number of anilines is 3. The van der Waals surface area contributed by atoms with Gasteiger partial charge in [0.2, 0.25) is 0 Å². The molecule has 0 bridgehead atoms. The Kier molecular flexibility index (Phi) is 9.09. The molecule has 61 heavy (non-hydrogen) atoms. The number of benzene rings is 10. The van der Waals surface area contributed by atoms with Crippen LogP contribution in [0.4, 0.5) is 17.1 Å². The fraction of sp³-hybridized carbons (Fsp3) is 0.0169. The van der Waals surface area contributed by atoms with Crippen molar-refractivity contribution in [3.8, 4) is 55.8 Å². The lowest BCUT2D eigenvalue weighted by atomic mass is 9.97. The average Bonchev–Trinajstić information content (AvgIpc) is 3.68. The van der Waals surface area contributed by atoms with Gasteiger partial charge in [0.25, 0.3) is 0 Å². The molecular formula is C59H41NO. The van der Waals surface area contributed by atoms with Gasteiger partial charge in [-0.2, -0.15) is 0 Å². The van der Waals surface area contributed by atoms with Crippen LogP contribution < -0.4 is 4.90 Å². The normalized spacial score (nSPS) is 11.4. The molecule has 0 spiro atoms. The lowest BCUT2D eigenvalue weighted by molar-refractivity contribution is 0.629. The van der Waals surface area contributed by atoms with Crippen molar-refractivity contribution in [1.29, 1.82) is 0 Å². The van der Waals surface area contributed by atoms with Crippen molar-refractivity contribution in [3.63, 3.8) is 0 Å². The highest BCUT2D eigenvalue weighted by Gasteiger charge is 2.18. The smallest absolute Gasteiger partial charge is 0.138 e. The van der Waals surface area contributed by atoms with Crippen molar-refractivity contribution in [1.82, 2.24) is 0 Å². The van der Waals surface area contributed by atoms with Crippen LogP contribution in [0.15, 0.2) is 235 Å². The first-order valence-corrected chi connectivity index (χ1v) is 20.9. The number of aryl methyl sites for hydroxylation is 1. The molecule has 0 radical (unpaired) electrons. The lowest BCUT2D eigenvalue weighted by Gasteiger charge is -2.28. The summed E-state index contributed by atoms with van der Waals surface area (Å²) in [4.78, 5) is 2.40. The molecule has 10 aromatic carbocycles. The zero-order valence-corrected chi connectivity index (χ0v) is 33.8. The molecule has 0 saturated heterocycles. The summed E-state index contributed by atoms with van der Waals surface area (Å²) in [5, 5.41) is 6.08. The van der Waals surface area contributed by atoms with Gasteiger partial charge in [-0.05, 0) is 110 Å². The van der Waals surface area contributed by atoms with Gasteiger partial charge in [-0.3, -0.25) is 0 Å². The first kappa shape index (κ1) is 36.2. The monoisotopic (exact) mass is 779 g/mol. The second kappa shape index (κ2) is 15.3. The van der Waals surface area contributed by atoms with E-state index in [0.717, 1.165) is 44.9 Å². The number of nitrogens with zero attached hydrogens (tertiary/aromatic N) is 1.